The highest BCUT2D eigenvalue weighted by atomic mass is 16.5. The Hall–Kier alpha value is -2.08. The third-order valence-electron chi connectivity index (χ3n) is 2.58. The first-order chi connectivity index (χ1) is 9.97. The summed E-state index contributed by atoms with van der Waals surface area (Å²) in [6.45, 7) is 2.47. The van der Waals surface area contributed by atoms with Crippen LogP contribution in [0.25, 0.3) is 0 Å². The van der Waals surface area contributed by atoms with Crippen molar-refractivity contribution in [2.75, 3.05) is 6.61 Å². The van der Waals surface area contributed by atoms with Crippen LogP contribution >= 0.6 is 0 Å². The molecule has 0 aromatic heterocycles. The highest BCUT2D eigenvalue weighted by molar-refractivity contribution is 5.71. The molecule has 118 valence electrons. The van der Waals surface area contributed by atoms with Crippen molar-refractivity contribution in [1.29, 1.82) is 0 Å². The number of aliphatic hydroxyl groups is 1. The van der Waals surface area contributed by atoms with E-state index >= 15 is 0 Å². The van der Waals surface area contributed by atoms with Crippen LogP contribution in [0.2, 0.25) is 0 Å². The third kappa shape index (κ3) is 11.4. The molecule has 0 heterocycles. The van der Waals surface area contributed by atoms with Gasteiger partial charge in [0.2, 0.25) is 0 Å². The van der Waals surface area contributed by atoms with Gasteiger partial charge in [-0.1, -0.05) is 43.7 Å². The second-order valence-corrected chi connectivity index (χ2v) is 4.40. The molecule has 1 amide bonds. The fourth-order valence-corrected chi connectivity index (χ4v) is 1.39. The zero-order chi connectivity index (χ0) is 16.1. The van der Waals surface area contributed by atoms with Gasteiger partial charge in [-0.15, -0.1) is 0 Å². The topological polar surface area (TPSA) is 110 Å². The molecule has 0 fully saturated rings. The number of benzene rings is 1. The highest BCUT2D eigenvalue weighted by Crippen LogP contribution is 2.04. The molecular formula is C15H23NO5. The summed E-state index contributed by atoms with van der Waals surface area (Å²) in [6.07, 6.45) is 0.836. The Bertz CT molecular complexity index is 408. The van der Waals surface area contributed by atoms with E-state index in [4.69, 9.17) is 10.2 Å². The molecule has 1 aromatic carbocycles. The summed E-state index contributed by atoms with van der Waals surface area (Å²) in [4.78, 5) is 20.1. The van der Waals surface area contributed by atoms with Crippen molar-refractivity contribution in [1.82, 2.24) is 0 Å². The average Bonchev–Trinajstić information content (AvgIpc) is 2.46. The molecule has 21 heavy (non-hydrogen) atoms. The van der Waals surface area contributed by atoms with Gasteiger partial charge in [0.15, 0.2) is 6.10 Å². The molecule has 0 aliphatic carbocycles. The number of nitrogens with two attached hydrogens (primary N) is 1. The fraction of sp³-hybridized carbons (Fsp3) is 0.467. The number of rotatable bonds is 7. The first-order valence-corrected chi connectivity index (χ1v) is 6.84. The molecule has 0 spiro atoms. The second-order valence-electron chi connectivity index (χ2n) is 4.40. The number of carboxylic acid groups (broad SMARTS) is 1. The van der Waals surface area contributed by atoms with E-state index in [9.17, 15) is 9.59 Å². The lowest BCUT2D eigenvalue weighted by atomic mass is 10.1. The number of unbranched alkanes of at least 4 members (excludes halogenated alkanes) is 1. The van der Waals surface area contributed by atoms with Gasteiger partial charge in [-0.05, 0) is 24.8 Å². The van der Waals surface area contributed by atoms with Crippen LogP contribution in [0.3, 0.4) is 0 Å². The van der Waals surface area contributed by atoms with E-state index in [1.54, 1.807) is 0 Å². The number of ether oxygens (including phenoxy) is 1. The molecule has 1 unspecified atom stereocenters. The van der Waals surface area contributed by atoms with Gasteiger partial charge in [-0.25, -0.2) is 9.59 Å². The molecule has 4 N–H and O–H groups in total. The van der Waals surface area contributed by atoms with Crippen LogP contribution in [0.15, 0.2) is 30.3 Å². The van der Waals surface area contributed by atoms with E-state index in [0.717, 1.165) is 18.4 Å². The number of aliphatic carboxylic acids is 1. The van der Waals surface area contributed by atoms with Crippen LogP contribution in [-0.4, -0.2) is 35.0 Å². The fourth-order valence-electron chi connectivity index (χ4n) is 1.39. The Labute approximate surface area is 124 Å². The lowest BCUT2D eigenvalue weighted by molar-refractivity contribution is -0.146. The average molecular weight is 297 g/mol. The largest absolute Gasteiger partial charge is 0.479 e. The van der Waals surface area contributed by atoms with Gasteiger partial charge in [0.1, 0.15) is 0 Å². The summed E-state index contributed by atoms with van der Waals surface area (Å²) in [5.74, 6) is -1.16. The number of hydrogen-bond acceptors (Lipinski definition) is 4. The summed E-state index contributed by atoms with van der Waals surface area (Å²) < 4.78 is 4.42. The second kappa shape index (κ2) is 11.7. The number of carbonyl (C=O) groups is 2. The maximum Gasteiger partial charge on any atom is 0.404 e. The van der Waals surface area contributed by atoms with Crippen LogP contribution in [0.4, 0.5) is 4.79 Å². The van der Waals surface area contributed by atoms with Gasteiger partial charge in [0, 0.05) is 0 Å². The molecule has 0 radical (unpaired) electrons. The molecule has 0 aliphatic heterocycles. The Morgan fingerprint density at radius 1 is 1.29 bits per heavy atom. The van der Waals surface area contributed by atoms with E-state index in [2.05, 4.69) is 10.5 Å². The van der Waals surface area contributed by atoms with E-state index in [-0.39, 0.29) is 6.42 Å². The number of aliphatic hydroxyl groups excluding tert-OH is 1. The Morgan fingerprint density at radius 2 is 1.90 bits per heavy atom. The SMILES string of the molecule is CCCCOC(N)=O.O=C(O)C(O)CCc1ccccc1. The molecule has 1 aromatic rings. The maximum atomic E-state index is 10.3. The van der Waals surface area contributed by atoms with Crippen molar-refractivity contribution in [3.8, 4) is 0 Å². The Morgan fingerprint density at radius 3 is 2.38 bits per heavy atom. The van der Waals surface area contributed by atoms with Gasteiger partial charge in [0.25, 0.3) is 0 Å². The van der Waals surface area contributed by atoms with Crippen LogP contribution in [0.5, 0.6) is 0 Å². The predicted molar refractivity (Wildman–Crippen MR) is 78.8 cm³/mol. The van der Waals surface area contributed by atoms with Crippen molar-refractivity contribution >= 4 is 12.1 Å². The van der Waals surface area contributed by atoms with E-state index in [1.807, 2.05) is 37.3 Å². The number of amides is 1. The number of aryl methyl sites for hydroxylation is 1. The van der Waals surface area contributed by atoms with E-state index < -0.39 is 18.2 Å². The van der Waals surface area contributed by atoms with Gasteiger partial charge < -0.3 is 20.7 Å². The van der Waals surface area contributed by atoms with Crippen LogP contribution in [-0.2, 0) is 16.0 Å². The van der Waals surface area contributed by atoms with Crippen molar-refractivity contribution in [2.24, 2.45) is 5.73 Å². The van der Waals surface area contributed by atoms with Crippen LogP contribution in [0.1, 0.15) is 31.7 Å². The van der Waals surface area contributed by atoms with Gasteiger partial charge in [-0.3, -0.25) is 0 Å². The monoisotopic (exact) mass is 297 g/mol. The summed E-state index contributed by atoms with van der Waals surface area (Å²) >= 11 is 0. The summed E-state index contributed by atoms with van der Waals surface area (Å²) in [6, 6.07) is 9.51. The number of carboxylic acids is 1. The molecule has 0 bridgehead atoms. The lowest BCUT2D eigenvalue weighted by Crippen LogP contribution is -2.19. The molecular weight excluding hydrogens is 274 g/mol. The minimum absolute atomic E-state index is 0.263. The normalized spacial score (nSPS) is 11.0. The standard InChI is InChI=1S/C10H12O3.C5H11NO2/c11-9(10(12)13)7-6-8-4-2-1-3-5-8;1-2-3-4-8-5(6)7/h1-5,9,11H,6-7H2,(H,12,13);2-4H2,1H3,(H2,6,7). The van der Waals surface area contributed by atoms with E-state index in [0.29, 0.717) is 13.0 Å². The van der Waals surface area contributed by atoms with Gasteiger partial charge >= 0.3 is 12.1 Å². The number of primary amides is 1. The summed E-state index contributed by atoms with van der Waals surface area (Å²) in [7, 11) is 0. The summed E-state index contributed by atoms with van der Waals surface area (Å²) in [5.41, 5.74) is 5.72. The minimum atomic E-state index is -1.25. The van der Waals surface area contributed by atoms with Gasteiger partial charge in [-0.2, -0.15) is 0 Å². The predicted octanol–water partition coefficient (Wildman–Crippen LogP) is 1.95. The van der Waals surface area contributed by atoms with Crippen molar-refractivity contribution in [2.45, 2.75) is 38.7 Å². The Balaban J connectivity index is 0.000000433. The van der Waals surface area contributed by atoms with Crippen molar-refractivity contribution < 1.29 is 24.5 Å². The number of carbonyl (C=O) groups excluding carboxylic acids is 1. The Kier molecular flexibility index (Phi) is 10.6. The van der Waals surface area contributed by atoms with Crippen molar-refractivity contribution in [3.05, 3.63) is 35.9 Å². The lowest BCUT2D eigenvalue weighted by Gasteiger charge is -2.04. The van der Waals surface area contributed by atoms with E-state index in [1.165, 1.54) is 0 Å². The molecule has 1 atom stereocenters. The smallest absolute Gasteiger partial charge is 0.404 e. The first kappa shape index (κ1) is 18.9. The molecule has 6 nitrogen and oxygen atoms in total. The molecule has 6 heteroatoms. The first-order valence-electron chi connectivity index (χ1n) is 6.84. The molecule has 0 aliphatic rings. The zero-order valence-electron chi connectivity index (χ0n) is 12.2. The van der Waals surface area contributed by atoms with Crippen LogP contribution in [0, 0.1) is 0 Å². The highest BCUT2D eigenvalue weighted by Gasteiger charge is 2.11. The third-order valence-corrected chi connectivity index (χ3v) is 2.58. The van der Waals surface area contributed by atoms with Gasteiger partial charge in [0.05, 0.1) is 6.61 Å². The minimum Gasteiger partial charge on any atom is -0.479 e. The molecule has 0 saturated heterocycles. The van der Waals surface area contributed by atoms with Crippen molar-refractivity contribution in [3.63, 3.8) is 0 Å². The van der Waals surface area contributed by atoms with Crippen LogP contribution < -0.4 is 5.73 Å². The zero-order valence-corrected chi connectivity index (χ0v) is 12.2. The number of hydrogen-bond donors (Lipinski definition) is 3. The molecule has 0 saturated carbocycles. The molecule has 1 rings (SSSR count). The maximum absolute atomic E-state index is 10.3. The summed E-state index contributed by atoms with van der Waals surface area (Å²) in [5, 5.41) is 17.4. The quantitative estimate of drug-likeness (QED) is 0.666.